The van der Waals surface area contributed by atoms with Crippen LogP contribution in [0, 0.1) is 5.82 Å². The number of carbonyl (C=O) groups is 1. The molecule has 0 aliphatic rings. The molecule has 18 heavy (non-hydrogen) atoms. The second-order valence-electron chi connectivity index (χ2n) is 3.92. The molecule has 0 spiro atoms. The molecule has 0 saturated carbocycles. The number of carboxylic acids is 1. The van der Waals surface area contributed by atoms with Crippen LogP contribution in [-0.2, 0) is 11.2 Å². The van der Waals surface area contributed by atoms with Crippen molar-refractivity contribution in [2.75, 3.05) is 7.11 Å². The first-order valence-electron chi connectivity index (χ1n) is 5.86. The molecule has 1 N–H and O–H groups in total. The highest BCUT2D eigenvalue weighted by Crippen LogP contribution is 2.26. The van der Waals surface area contributed by atoms with Crippen LogP contribution in [0.25, 0.3) is 6.08 Å². The predicted octanol–water partition coefficient (Wildman–Crippen LogP) is 3.27. The molecule has 1 aromatic carbocycles. The van der Waals surface area contributed by atoms with E-state index in [1.807, 2.05) is 6.92 Å². The fourth-order valence-corrected chi connectivity index (χ4v) is 1.70. The van der Waals surface area contributed by atoms with Crippen molar-refractivity contribution in [2.45, 2.75) is 26.2 Å². The molecule has 0 saturated heterocycles. The lowest BCUT2D eigenvalue weighted by atomic mass is 10.0. The van der Waals surface area contributed by atoms with Crippen LogP contribution >= 0.6 is 0 Å². The number of hydrogen-bond acceptors (Lipinski definition) is 2. The minimum Gasteiger partial charge on any atom is -0.494 e. The first-order valence-corrected chi connectivity index (χ1v) is 5.86. The number of carboxylic acid groups (broad SMARTS) is 1. The summed E-state index contributed by atoms with van der Waals surface area (Å²) in [5, 5.41) is 8.61. The zero-order valence-electron chi connectivity index (χ0n) is 10.6. The van der Waals surface area contributed by atoms with Gasteiger partial charge < -0.3 is 9.84 Å². The number of halogens is 1. The molecular weight excluding hydrogens is 235 g/mol. The molecule has 0 amide bonds. The monoisotopic (exact) mass is 252 g/mol. The molecule has 0 radical (unpaired) electrons. The van der Waals surface area contributed by atoms with Crippen LogP contribution in [0.15, 0.2) is 18.2 Å². The van der Waals surface area contributed by atoms with E-state index in [0.717, 1.165) is 18.9 Å². The highest BCUT2D eigenvalue weighted by atomic mass is 19.1. The van der Waals surface area contributed by atoms with Crippen LogP contribution in [0.3, 0.4) is 0 Å². The summed E-state index contributed by atoms with van der Waals surface area (Å²) >= 11 is 0. The topological polar surface area (TPSA) is 46.5 Å². The van der Waals surface area contributed by atoms with Crippen LogP contribution in [0.1, 0.15) is 30.9 Å². The molecule has 0 fully saturated rings. The molecule has 0 aromatic heterocycles. The van der Waals surface area contributed by atoms with Crippen LogP contribution < -0.4 is 4.74 Å². The summed E-state index contributed by atoms with van der Waals surface area (Å²) in [6.07, 6.45) is 4.78. The third kappa shape index (κ3) is 3.58. The van der Waals surface area contributed by atoms with E-state index in [-0.39, 0.29) is 5.75 Å². The Labute approximate surface area is 106 Å². The summed E-state index contributed by atoms with van der Waals surface area (Å²) in [6, 6.07) is 3.18. The number of methoxy groups -OCH3 is 1. The zero-order chi connectivity index (χ0) is 13.5. The molecule has 3 nitrogen and oxygen atoms in total. The van der Waals surface area contributed by atoms with Crippen molar-refractivity contribution < 1.29 is 19.0 Å². The van der Waals surface area contributed by atoms with Gasteiger partial charge in [-0.05, 0) is 36.1 Å². The molecular formula is C14H17FO3. The number of hydrogen-bond donors (Lipinski definition) is 1. The Morgan fingerprint density at radius 3 is 2.78 bits per heavy atom. The lowest BCUT2D eigenvalue weighted by Gasteiger charge is -2.10. The summed E-state index contributed by atoms with van der Waals surface area (Å²) in [6.45, 7) is 2.02. The van der Waals surface area contributed by atoms with Gasteiger partial charge in [-0.1, -0.05) is 19.4 Å². The van der Waals surface area contributed by atoms with Gasteiger partial charge in [0.1, 0.15) is 0 Å². The molecule has 98 valence electrons. The molecule has 0 heterocycles. The van der Waals surface area contributed by atoms with Gasteiger partial charge in [-0.15, -0.1) is 0 Å². The zero-order valence-corrected chi connectivity index (χ0v) is 10.6. The molecule has 0 bridgehead atoms. The van der Waals surface area contributed by atoms with E-state index < -0.39 is 11.8 Å². The second-order valence-corrected chi connectivity index (χ2v) is 3.92. The van der Waals surface area contributed by atoms with E-state index in [9.17, 15) is 9.18 Å². The standard InChI is InChI=1S/C14H17FO3/c1-3-4-5-11-10(7-9-13(16)17)6-8-12(18-2)14(11)15/h6-9H,3-5H2,1-2H3,(H,16,17). The fourth-order valence-electron chi connectivity index (χ4n) is 1.70. The second kappa shape index (κ2) is 6.79. The van der Waals surface area contributed by atoms with Gasteiger partial charge in [-0.2, -0.15) is 0 Å². The Bertz CT molecular complexity index is 453. The first kappa shape index (κ1) is 14.2. The van der Waals surface area contributed by atoms with Crippen molar-refractivity contribution >= 4 is 12.0 Å². The SMILES string of the molecule is CCCCc1c(C=CC(=O)O)ccc(OC)c1F. The van der Waals surface area contributed by atoms with Crippen molar-refractivity contribution in [3.63, 3.8) is 0 Å². The maximum atomic E-state index is 14.1. The molecule has 1 rings (SSSR count). The summed E-state index contributed by atoms with van der Waals surface area (Å²) in [7, 11) is 1.41. The number of rotatable bonds is 6. The van der Waals surface area contributed by atoms with E-state index >= 15 is 0 Å². The lowest BCUT2D eigenvalue weighted by molar-refractivity contribution is -0.131. The Kier molecular flexibility index (Phi) is 5.36. The molecule has 0 aliphatic carbocycles. The van der Waals surface area contributed by atoms with Crippen LogP contribution in [0.2, 0.25) is 0 Å². The van der Waals surface area contributed by atoms with Gasteiger partial charge in [0.15, 0.2) is 11.6 Å². The Hall–Kier alpha value is -1.84. The van der Waals surface area contributed by atoms with Crippen LogP contribution in [-0.4, -0.2) is 18.2 Å². The molecule has 4 heteroatoms. The molecule has 1 aromatic rings. The minimum atomic E-state index is -1.05. The Morgan fingerprint density at radius 2 is 2.22 bits per heavy atom. The van der Waals surface area contributed by atoms with E-state index in [1.165, 1.54) is 19.3 Å². The summed E-state index contributed by atoms with van der Waals surface area (Å²) in [5.74, 6) is -1.26. The summed E-state index contributed by atoms with van der Waals surface area (Å²) < 4.78 is 19.0. The third-order valence-corrected chi connectivity index (χ3v) is 2.65. The smallest absolute Gasteiger partial charge is 0.328 e. The van der Waals surface area contributed by atoms with E-state index in [0.29, 0.717) is 17.5 Å². The fraction of sp³-hybridized carbons (Fsp3) is 0.357. The maximum Gasteiger partial charge on any atom is 0.328 e. The predicted molar refractivity (Wildman–Crippen MR) is 68.2 cm³/mol. The number of aliphatic carboxylic acids is 1. The van der Waals surface area contributed by atoms with Gasteiger partial charge in [-0.25, -0.2) is 9.18 Å². The molecule has 0 unspecified atom stereocenters. The third-order valence-electron chi connectivity index (χ3n) is 2.65. The van der Waals surface area contributed by atoms with Gasteiger partial charge in [0.2, 0.25) is 0 Å². The quantitative estimate of drug-likeness (QED) is 0.790. The van der Waals surface area contributed by atoms with Crippen molar-refractivity contribution in [3.8, 4) is 5.75 Å². The summed E-state index contributed by atoms with van der Waals surface area (Å²) in [5.41, 5.74) is 1.10. The Morgan fingerprint density at radius 1 is 1.50 bits per heavy atom. The van der Waals surface area contributed by atoms with Crippen molar-refractivity contribution in [2.24, 2.45) is 0 Å². The van der Waals surface area contributed by atoms with Gasteiger partial charge >= 0.3 is 5.97 Å². The Balaban J connectivity index is 3.15. The van der Waals surface area contributed by atoms with Crippen LogP contribution in [0.5, 0.6) is 5.75 Å². The lowest BCUT2D eigenvalue weighted by Crippen LogP contribution is -1.99. The maximum absolute atomic E-state index is 14.1. The van der Waals surface area contributed by atoms with E-state index in [4.69, 9.17) is 9.84 Å². The van der Waals surface area contributed by atoms with Crippen molar-refractivity contribution in [1.29, 1.82) is 0 Å². The van der Waals surface area contributed by atoms with Gasteiger partial charge in [0, 0.05) is 6.08 Å². The first-order chi connectivity index (χ1) is 8.60. The van der Waals surface area contributed by atoms with E-state index in [2.05, 4.69) is 0 Å². The number of unbranched alkanes of at least 4 members (excludes halogenated alkanes) is 1. The largest absolute Gasteiger partial charge is 0.494 e. The molecule has 0 atom stereocenters. The normalized spacial score (nSPS) is 10.8. The minimum absolute atomic E-state index is 0.188. The average Bonchev–Trinajstić information content (AvgIpc) is 2.35. The van der Waals surface area contributed by atoms with E-state index in [1.54, 1.807) is 6.07 Å². The molecule has 0 aliphatic heterocycles. The number of benzene rings is 1. The highest BCUT2D eigenvalue weighted by Gasteiger charge is 2.12. The summed E-state index contributed by atoms with van der Waals surface area (Å²) in [4.78, 5) is 10.5. The highest BCUT2D eigenvalue weighted by molar-refractivity contribution is 5.85. The van der Waals surface area contributed by atoms with Gasteiger partial charge in [-0.3, -0.25) is 0 Å². The van der Waals surface area contributed by atoms with Gasteiger partial charge in [0.25, 0.3) is 0 Å². The average molecular weight is 252 g/mol. The van der Waals surface area contributed by atoms with Crippen LogP contribution in [0.4, 0.5) is 4.39 Å². The number of ether oxygens (including phenoxy) is 1. The van der Waals surface area contributed by atoms with Gasteiger partial charge in [0.05, 0.1) is 7.11 Å². The van der Waals surface area contributed by atoms with Crippen molar-refractivity contribution in [1.82, 2.24) is 0 Å². The van der Waals surface area contributed by atoms with Crippen molar-refractivity contribution in [3.05, 3.63) is 35.2 Å².